The van der Waals surface area contributed by atoms with Crippen molar-refractivity contribution in [1.29, 1.82) is 10.5 Å². The van der Waals surface area contributed by atoms with Gasteiger partial charge in [0.2, 0.25) is 0 Å². The Morgan fingerprint density at radius 2 is 1.95 bits per heavy atom. The zero-order valence-corrected chi connectivity index (χ0v) is 13.8. The summed E-state index contributed by atoms with van der Waals surface area (Å²) in [7, 11) is 0. The summed E-state index contributed by atoms with van der Waals surface area (Å²) >= 11 is 4.98. The highest BCUT2D eigenvalue weighted by Crippen LogP contribution is 2.31. The van der Waals surface area contributed by atoms with Gasteiger partial charge in [-0.2, -0.15) is 10.5 Å². The molecule has 0 radical (unpaired) electrons. The van der Waals surface area contributed by atoms with E-state index in [2.05, 4.69) is 40.3 Å². The minimum atomic E-state index is 0.529. The lowest BCUT2D eigenvalue weighted by atomic mass is 10.1. The van der Waals surface area contributed by atoms with Crippen molar-refractivity contribution in [3.8, 4) is 12.1 Å². The molecule has 1 N–H and O–H groups in total. The van der Waals surface area contributed by atoms with E-state index in [1.807, 2.05) is 30.3 Å². The van der Waals surface area contributed by atoms with Crippen molar-refractivity contribution in [3.05, 3.63) is 52.0 Å². The Kier molecular flexibility index (Phi) is 5.27. The molecule has 0 aliphatic carbocycles. The van der Waals surface area contributed by atoms with E-state index in [0.717, 1.165) is 20.8 Å². The number of nitrogens with zero attached hydrogens (tertiary/aromatic N) is 2. The molecule has 0 aliphatic rings. The summed E-state index contributed by atoms with van der Waals surface area (Å²) < 4.78 is 0.848. The van der Waals surface area contributed by atoms with Crippen LogP contribution < -0.4 is 5.32 Å². The predicted molar refractivity (Wildman–Crippen MR) is 89.7 cm³/mol. The zero-order chi connectivity index (χ0) is 15.2. The van der Waals surface area contributed by atoms with Crippen molar-refractivity contribution in [2.24, 2.45) is 0 Å². The van der Waals surface area contributed by atoms with Crippen molar-refractivity contribution < 1.29 is 0 Å². The third-order valence-electron chi connectivity index (χ3n) is 2.81. The van der Waals surface area contributed by atoms with Crippen LogP contribution in [0, 0.1) is 22.7 Å². The molecule has 0 aromatic heterocycles. The monoisotopic (exact) mass is 357 g/mol. The van der Waals surface area contributed by atoms with Gasteiger partial charge in [-0.1, -0.05) is 28.9 Å². The smallest absolute Gasteiger partial charge is 0.103 e. The van der Waals surface area contributed by atoms with Gasteiger partial charge in [-0.25, -0.2) is 0 Å². The minimum Gasteiger partial charge on any atom is -0.353 e. The van der Waals surface area contributed by atoms with Gasteiger partial charge in [-0.05, 0) is 36.1 Å². The summed E-state index contributed by atoms with van der Waals surface area (Å²) in [5.74, 6) is 0.903. The summed E-state index contributed by atoms with van der Waals surface area (Å²) in [4.78, 5) is 0.945. The van der Waals surface area contributed by atoms with Gasteiger partial charge in [0.1, 0.15) is 12.1 Å². The highest BCUT2D eigenvalue weighted by molar-refractivity contribution is 9.10. The van der Waals surface area contributed by atoms with Crippen LogP contribution in [0.25, 0.3) is 0 Å². The summed E-state index contributed by atoms with van der Waals surface area (Å²) in [6.07, 6.45) is 0. The molecule has 5 heteroatoms. The molecule has 0 bridgehead atoms. The number of rotatable bonds is 4. The Morgan fingerprint density at radius 3 is 2.62 bits per heavy atom. The second-order valence-electron chi connectivity index (χ2n) is 4.15. The Balaban J connectivity index is 2.43. The van der Waals surface area contributed by atoms with Gasteiger partial charge < -0.3 is 5.32 Å². The molecule has 21 heavy (non-hydrogen) atoms. The lowest BCUT2D eigenvalue weighted by Crippen LogP contribution is -1.97. The number of benzene rings is 2. The van der Waals surface area contributed by atoms with E-state index in [1.165, 1.54) is 0 Å². The normalized spacial score (nSPS) is 9.71. The maximum absolute atomic E-state index is 9.40. The molecular formula is C16H12BrN3S. The molecule has 0 unspecified atom stereocenters. The average Bonchev–Trinajstić information content (AvgIpc) is 2.49. The number of halogens is 1. The lowest BCUT2D eigenvalue weighted by Gasteiger charge is -2.12. The largest absolute Gasteiger partial charge is 0.353 e. The summed E-state index contributed by atoms with van der Waals surface area (Å²) in [6.45, 7) is 2.05. The van der Waals surface area contributed by atoms with Gasteiger partial charge in [0.05, 0.1) is 22.5 Å². The second-order valence-corrected chi connectivity index (χ2v) is 6.37. The van der Waals surface area contributed by atoms with E-state index in [9.17, 15) is 10.5 Å². The molecule has 2 rings (SSSR count). The van der Waals surface area contributed by atoms with Gasteiger partial charge in [0, 0.05) is 9.37 Å². The van der Waals surface area contributed by atoms with Crippen molar-refractivity contribution in [2.75, 3.05) is 11.1 Å². The van der Waals surface area contributed by atoms with Crippen LogP contribution in [0.1, 0.15) is 18.1 Å². The topological polar surface area (TPSA) is 59.6 Å². The van der Waals surface area contributed by atoms with E-state index in [-0.39, 0.29) is 0 Å². The van der Waals surface area contributed by atoms with Crippen LogP contribution >= 0.6 is 27.7 Å². The molecule has 2 aromatic rings. The second kappa shape index (κ2) is 7.17. The fourth-order valence-electron chi connectivity index (χ4n) is 1.89. The van der Waals surface area contributed by atoms with Crippen LogP contribution in [0.3, 0.4) is 0 Å². The number of anilines is 2. The minimum absolute atomic E-state index is 0.529. The third kappa shape index (κ3) is 3.58. The molecule has 104 valence electrons. The van der Waals surface area contributed by atoms with Crippen molar-refractivity contribution >= 4 is 39.1 Å². The number of hydrogen-bond acceptors (Lipinski definition) is 4. The van der Waals surface area contributed by atoms with Crippen LogP contribution in [0.15, 0.2) is 45.8 Å². The number of nitriles is 2. The molecule has 0 fully saturated rings. The van der Waals surface area contributed by atoms with Gasteiger partial charge in [-0.3, -0.25) is 0 Å². The van der Waals surface area contributed by atoms with Crippen LogP contribution in [0.5, 0.6) is 0 Å². The molecule has 0 amide bonds. The molecule has 3 nitrogen and oxygen atoms in total. The average molecular weight is 358 g/mol. The third-order valence-corrected chi connectivity index (χ3v) is 4.24. The maximum Gasteiger partial charge on any atom is 0.103 e. The first-order chi connectivity index (χ1) is 10.2. The highest BCUT2D eigenvalue weighted by Gasteiger charge is 2.10. The van der Waals surface area contributed by atoms with Crippen molar-refractivity contribution in [3.63, 3.8) is 0 Å². The number of hydrogen-bond donors (Lipinski definition) is 1. The molecule has 2 aromatic carbocycles. The predicted octanol–water partition coefficient (Wildman–Crippen LogP) is 5.05. The Bertz CT molecular complexity index is 744. The van der Waals surface area contributed by atoms with Crippen LogP contribution in [0.2, 0.25) is 0 Å². The van der Waals surface area contributed by atoms with Gasteiger partial charge in [0.15, 0.2) is 0 Å². The summed E-state index contributed by atoms with van der Waals surface area (Å²) in [5, 5.41) is 21.8. The van der Waals surface area contributed by atoms with Crippen LogP contribution in [-0.2, 0) is 0 Å². The first-order valence-corrected chi connectivity index (χ1v) is 8.10. The quantitative estimate of drug-likeness (QED) is 0.777. The van der Waals surface area contributed by atoms with E-state index >= 15 is 0 Å². The first-order valence-electron chi connectivity index (χ1n) is 6.32. The van der Waals surface area contributed by atoms with Gasteiger partial charge in [-0.15, -0.1) is 11.8 Å². The van der Waals surface area contributed by atoms with E-state index in [0.29, 0.717) is 16.8 Å². The molecule has 0 saturated carbocycles. The molecular weight excluding hydrogens is 346 g/mol. The Morgan fingerprint density at radius 1 is 1.14 bits per heavy atom. The van der Waals surface area contributed by atoms with Gasteiger partial charge in [0.25, 0.3) is 0 Å². The van der Waals surface area contributed by atoms with E-state index < -0.39 is 0 Å². The Labute approximate surface area is 136 Å². The van der Waals surface area contributed by atoms with Gasteiger partial charge >= 0.3 is 0 Å². The molecule has 0 saturated heterocycles. The summed E-state index contributed by atoms with van der Waals surface area (Å²) in [6, 6.07) is 15.5. The maximum atomic E-state index is 9.40. The van der Waals surface area contributed by atoms with E-state index in [4.69, 9.17) is 0 Å². The first kappa shape index (κ1) is 15.4. The number of thioether (sulfide) groups is 1. The lowest BCUT2D eigenvalue weighted by molar-refractivity contribution is 1.34. The highest BCUT2D eigenvalue weighted by atomic mass is 79.9. The fourth-order valence-corrected chi connectivity index (χ4v) is 3.04. The van der Waals surface area contributed by atoms with Crippen LogP contribution in [0.4, 0.5) is 11.4 Å². The fraction of sp³-hybridized carbons (Fsp3) is 0.125. The zero-order valence-electron chi connectivity index (χ0n) is 11.4. The standard InChI is InChI=1S/C16H12BrN3S/c1-2-21-16-5-3-4-15(13(16)10-19)20-14-7-6-12(17)8-11(14)9-18/h3-8,20H,2H2,1H3. The van der Waals surface area contributed by atoms with Crippen molar-refractivity contribution in [2.45, 2.75) is 11.8 Å². The molecule has 0 aliphatic heterocycles. The number of nitrogens with one attached hydrogen (secondary N) is 1. The van der Waals surface area contributed by atoms with E-state index in [1.54, 1.807) is 17.8 Å². The van der Waals surface area contributed by atoms with Crippen molar-refractivity contribution in [1.82, 2.24) is 0 Å². The van der Waals surface area contributed by atoms with Crippen LogP contribution in [-0.4, -0.2) is 5.75 Å². The SMILES string of the molecule is CCSc1cccc(Nc2ccc(Br)cc2C#N)c1C#N. The Hall–Kier alpha value is -1.95. The molecule has 0 heterocycles. The molecule has 0 atom stereocenters. The summed E-state index contributed by atoms with van der Waals surface area (Å²) in [5.41, 5.74) is 2.54. The molecule has 0 spiro atoms.